The van der Waals surface area contributed by atoms with Crippen molar-refractivity contribution in [2.24, 2.45) is 0 Å². The first-order valence-electron chi connectivity index (χ1n) is 5.80. The molecule has 1 aliphatic heterocycles. The summed E-state index contributed by atoms with van der Waals surface area (Å²) >= 11 is 3.46. The zero-order chi connectivity index (χ0) is 11.8. The van der Waals surface area contributed by atoms with E-state index in [2.05, 4.69) is 62.2 Å². The van der Waals surface area contributed by atoms with Gasteiger partial charge in [0.1, 0.15) is 0 Å². The van der Waals surface area contributed by atoms with Gasteiger partial charge in [-0.2, -0.15) is 5.10 Å². The highest BCUT2D eigenvalue weighted by Gasteiger charge is 2.18. The third-order valence-corrected chi connectivity index (χ3v) is 3.73. The van der Waals surface area contributed by atoms with E-state index in [0.717, 1.165) is 35.4 Å². The van der Waals surface area contributed by atoms with Gasteiger partial charge < -0.3 is 5.32 Å². The molecule has 0 bridgehead atoms. The molecule has 0 saturated heterocycles. The Morgan fingerprint density at radius 1 is 1.29 bits per heavy atom. The molecule has 0 aliphatic carbocycles. The van der Waals surface area contributed by atoms with Gasteiger partial charge in [-0.05, 0) is 31.2 Å². The van der Waals surface area contributed by atoms with Gasteiger partial charge in [0.2, 0.25) is 0 Å². The Bertz CT molecular complexity index is 543. The highest BCUT2D eigenvalue weighted by atomic mass is 79.9. The summed E-state index contributed by atoms with van der Waals surface area (Å²) in [6, 6.07) is 8.30. The maximum atomic E-state index is 4.65. The second-order valence-corrected chi connectivity index (χ2v) is 5.24. The van der Waals surface area contributed by atoms with E-state index in [1.807, 2.05) is 0 Å². The average Bonchev–Trinajstić information content (AvgIpc) is 2.69. The number of hydrogen-bond acceptors (Lipinski definition) is 2. The molecule has 0 amide bonds. The molecule has 0 atom stereocenters. The first-order valence-corrected chi connectivity index (χ1v) is 6.59. The molecule has 1 aromatic carbocycles. The second kappa shape index (κ2) is 4.27. The normalized spacial score (nSPS) is 14.7. The molecule has 17 heavy (non-hydrogen) atoms. The molecule has 0 fully saturated rings. The SMILES string of the molecule is Cc1nn(-c2ccc(Br)cc2)c2c1CNCC2. The molecule has 3 nitrogen and oxygen atoms in total. The van der Waals surface area contributed by atoms with E-state index in [9.17, 15) is 0 Å². The minimum atomic E-state index is 0.942. The van der Waals surface area contributed by atoms with Crippen LogP contribution in [0.25, 0.3) is 5.69 Å². The summed E-state index contributed by atoms with van der Waals surface area (Å²) in [5.74, 6) is 0. The van der Waals surface area contributed by atoms with Crippen molar-refractivity contribution in [2.75, 3.05) is 6.54 Å². The number of rotatable bonds is 1. The van der Waals surface area contributed by atoms with Crippen LogP contribution in [0.1, 0.15) is 17.0 Å². The Balaban J connectivity index is 2.11. The monoisotopic (exact) mass is 291 g/mol. The average molecular weight is 292 g/mol. The predicted molar refractivity (Wildman–Crippen MR) is 71.4 cm³/mol. The van der Waals surface area contributed by atoms with Crippen LogP contribution in [0.2, 0.25) is 0 Å². The van der Waals surface area contributed by atoms with E-state index < -0.39 is 0 Å². The van der Waals surface area contributed by atoms with Crippen LogP contribution in [0.15, 0.2) is 28.7 Å². The molecule has 0 radical (unpaired) electrons. The van der Waals surface area contributed by atoms with Crippen LogP contribution in [-0.4, -0.2) is 16.3 Å². The smallest absolute Gasteiger partial charge is 0.0649 e. The quantitative estimate of drug-likeness (QED) is 0.875. The van der Waals surface area contributed by atoms with E-state index in [-0.39, 0.29) is 0 Å². The summed E-state index contributed by atoms with van der Waals surface area (Å²) in [5.41, 5.74) is 4.98. The summed E-state index contributed by atoms with van der Waals surface area (Å²) in [6.45, 7) is 4.06. The van der Waals surface area contributed by atoms with Crippen LogP contribution in [0, 0.1) is 6.92 Å². The van der Waals surface area contributed by atoms with Crippen LogP contribution in [-0.2, 0) is 13.0 Å². The third kappa shape index (κ3) is 1.91. The molecule has 1 aliphatic rings. The van der Waals surface area contributed by atoms with Gasteiger partial charge in [-0.25, -0.2) is 4.68 Å². The van der Waals surface area contributed by atoms with Crippen molar-refractivity contribution in [1.82, 2.24) is 15.1 Å². The zero-order valence-corrected chi connectivity index (χ0v) is 11.3. The van der Waals surface area contributed by atoms with Crippen LogP contribution in [0.5, 0.6) is 0 Å². The van der Waals surface area contributed by atoms with Crippen molar-refractivity contribution in [3.05, 3.63) is 45.7 Å². The maximum absolute atomic E-state index is 4.65. The fourth-order valence-corrected chi connectivity index (χ4v) is 2.57. The highest BCUT2D eigenvalue weighted by Crippen LogP contribution is 2.22. The number of fused-ring (bicyclic) bond motifs is 1. The van der Waals surface area contributed by atoms with Crippen molar-refractivity contribution >= 4 is 15.9 Å². The maximum Gasteiger partial charge on any atom is 0.0649 e. The van der Waals surface area contributed by atoms with Crippen molar-refractivity contribution < 1.29 is 0 Å². The van der Waals surface area contributed by atoms with Gasteiger partial charge in [-0.3, -0.25) is 0 Å². The molecule has 0 saturated carbocycles. The fourth-order valence-electron chi connectivity index (χ4n) is 2.31. The molecule has 1 aromatic heterocycles. The van der Waals surface area contributed by atoms with Gasteiger partial charge in [0.15, 0.2) is 0 Å². The molecule has 88 valence electrons. The number of aromatic nitrogens is 2. The molecule has 0 spiro atoms. The number of benzene rings is 1. The van der Waals surface area contributed by atoms with Gasteiger partial charge >= 0.3 is 0 Å². The number of nitrogens with zero attached hydrogens (tertiary/aromatic N) is 2. The van der Waals surface area contributed by atoms with E-state index in [0.29, 0.717) is 0 Å². The Morgan fingerprint density at radius 3 is 2.82 bits per heavy atom. The summed E-state index contributed by atoms with van der Waals surface area (Å²) in [7, 11) is 0. The summed E-state index contributed by atoms with van der Waals surface area (Å²) in [5, 5.41) is 8.05. The molecule has 0 unspecified atom stereocenters. The molecule has 2 aromatic rings. The predicted octanol–water partition coefficient (Wildman–Crippen LogP) is 2.59. The van der Waals surface area contributed by atoms with Gasteiger partial charge in [-0.15, -0.1) is 0 Å². The van der Waals surface area contributed by atoms with Crippen LogP contribution >= 0.6 is 15.9 Å². The summed E-state index contributed by atoms with van der Waals surface area (Å²) < 4.78 is 3.18. The Hall–Kier alpha value is -1.13. The van der Waals surface area contributed by atoms with Crippen molar-refractivity contribution in [1.29, 1.82) is 0 Å². The van der Waals surface area contributed by atoms with Crippen LogP contribution < -0.4 is 5.32 Å². The van der Waals surface area contributed by atoms with Crippen molar-refractivity contribution in [2.45, 2.75) is 19.9 Å². The van der Waals surface area contributed by atoms with E-state index in [4.69, 9.17) is 0 Å². The van der Waals surface area contributed by atoms with Crippen molar-refractivity contribution in [3.8, 4) is 5.69 Å². The second-order valence-electron chi connectivity index (χ2n) is 4.33. The molecule has 2 heterocycles. The van der Waals surface area contributed by atoms with Crippen LogP contribution in [0.3, 0.4) is 0 Å². The molecule has 3 rings (SSSR count). The molecular formula is C13H14BrN3. The number of nitrogens with one attached hydrogen (secondary N) is 1. The topological polar surface area (TPSA) is 29.9 Å². The summed E-state index contributed by atoms with van der Waals surface area (Å²) in [4.78, 5) is 0. The summed E-state index contributed by atoms with van der Waals surface area (Å²) in [6.07, 6.45) is 1.05. The van der Waals surface area contributed by atoms with Gasteiger partial charge in [0.25, 0.3) is 0 Å². The third-order valence-electron chi connectivity index (χ3n) is 3.20. The molecule has 4 heteroatoms. The number of hydrogen-bond donors (Lipinski definition) is 1. The Labute approximate surface area is 109 Å². The Kier molecular flexibility index (Phi) is 2.76. The van der Waals surface area contributed by atoms with Gasteiger partial charge in [-0.1, -0.05) is 15.9 Å². The zero-order valence-electron chi connectivity index (χ0n) is 9.70. The van der Waals surface area contributed by atoms with Crippen LogP contribution in [0.4, 0.5) is 0 Å². The van der Waals surface area contributed by atoms with Gasteiger partial charge in [0.05, 0.1) is 17.1 Å². The minimum absolute atomic E-state index is 0.942. The van der Waals surface area contributed by atoms with E-state index >= 15 is 0 Å². The lowest BCUT2D eigenvalue weighted by atomic mass is 10.1. The molecule has 1 N–H and O–H groups in total. The lowest BCUT2D eigenvalue weighted by Gasteiger charge is -2.15. The minimum Gasteiger partial charge on any atom is -0.312 e. The van der Waals surface area contributed by atoms with Gasteiger partial charge in [0, 0.05) is 29.5 Å². The lowest BCUT2D eigenvalue weighted by Crippen LogP contribution is -2.24. The molecular weight excluding hydrogens is 278 g/mol. The first-order chi connectivity index (χ1) is 8.25. The fraction of sp³-hybridized carbons (Fsp3) is 0.308. The number of halogens is 1. The van der Waals surface area contributed by atoms with Crippen molar-refractivity contribution in [3.63, 3.8) is 0 Å². The first kappa shape index (κ1) is 11.0. The number of aryl methyl sites for hydroxylation is 1. The largest absolute Gasteiger partial charge is 0.312 e. The standard InChI is InChI=1S/C13H14BrN3/c1-9-12-8-15-7-6-13(12)17(16-9)11-4-2-10(14)3-5-11/h2-5,15H,6-8H2,1H3. The highest BCUT2D eigenvalue weighted by molar-refractivity contribution is 9.10. The lowest BCUT2D eigenvalue weighted by molar-refractivity contribution is 0.622. The van der Waals surface area contributed by atoms with E-state index in [1.54, 1.807) is 0 Å². The van der Waals surface area contributed by atoms with E-state index in [1.165, 1.54) is 11.3 Å². The Morgan fingerprint density at radius 2 is 2.06 bits per heavy atom.